The van der Waals surface area contributed by atoms with Gasteiger partial charge >= 0.3 is 5.97 Å². The van der Waals surface area contributed by atoms with Crippen LogP contribution in [0.25, 0.3) is 10.6 Å². The summed E-state index contributed by atoms with van der Waals surface area (Å²) in [4.78, 5) is 30.0. The topological polar surface area (TPSA) is 70.5 Å². The number of benzene rings is 1. The Balaban J connectivity index is 2.36. The molecule has 0 unspecified atom stereocenters. The average Bonchev–Trinajstić information content (AvgIpc) is 2.88. The first-order valence-corrected chi connectivity index (χ1v) is 7.61. The van der Waals surface area contributed by atoms with Gasteiger partial charge in [0, 0.05) is 12.6 Å². The Labute approximate surface area is 133 Å². The SMILES string of the molecule is Cc1nc(-c2ccccc2)sc1C(=O)N(C)C(C)(C)C(=O)O. The van der Waals surface area contributed by atoms with E-state index in [9.17, 15) is 14.7 Å². The van der Waals surface area contributed by atoms with Crippen LogP contribution in [0.15, 0.2) is 30.3 Å². The fraction of sp³-hybridized carbons (Fsp3) is 0.312. The standard InChI is InChI=1S/C16H18N2O3S/c1-10-12(14(19)18(4)16(2,3)15(20)21)22-13(17-10)11-8-6-5-7-9-11/h5-9H,1-4H3,(H,20,21). The van der Waals surface area contributed by atoms with E-state index in [1.165, 1.54) is 37.1 Å². The summed E-state index contributed by atoms with van der Waals surface area (Å²) in [7, 11) is 1.50. The summed E-state index contributed by atoms with van der Waals surface area (Å²) in [5, 5.41) is 10.0. The molecule has 0 saturated carbocycles. The Morgan fingerprint density at radius 2 is 1.82 bits per heavy atom. The quantitative estimate of drug-likeness (QED) is 0.940. The molecule has 1 aromatic heterocycles. The first kappa shape index (κ1) is 16.2. The van der Waals surface area contributed by atoms with Crippen molar-refractivity contribution in [3.8, 4) is 10.6 Å². The van der Waals surface area contributed by atoms with Gasteiger partial charge in [0.15, 0.2) is 0 Å². The maximum absolute atomic E-state index is 12.6. The summed E-state index contributed by atoms with van der Waals surface area (Å²) in [5.41, 5.74) is 0.275. The number of likely N-dealkylation sites (N-methyl/N-ethyl adjacent to an activating group) is 1. The smallest absolute Gasteiger partial charge is 0.329 e. The fourth-order valence-electron chi connectivity index (χ4n) is 1.85. The van der Waals surface area contributed by atoms with Crippen LogP contribution < -0.4 is 0 Å². The molecule has 0 aliphatic carbocycles. The Kier molecular flexibility index (Phi) is 4.32. The van der Waals surface area contributed by atoms with Gasteiger partial charge in [-0.05, 0) is 20.8 Å². The number of aryl methyl sites for hydroxylation is 1. The van der Waals surface area contributed by atoms with Crippen LogP contribution in [0.1, 0.15) is 29.2 Å². The number of hydrogen-bond donors (Lipinski definition) is 1. The van der Waals surface area contributed by atoms with Crippen molar-refractivity contribution in [1.29, 1.82) is 0 Å². The second-order valence-corrected chi connectivity index (χ2v) is 6.53. The summed E-state index contributed by atoms with van der Waals surface area (Å²) in [5.74, 6) is -1.38. The van der Waals surface area contributed by atoms with Gasteiger partial charge in [-0.15, -0.1) is 11.3 Å². The third kappa shape index (κ3) is 2.87. The molecule has 0 spiro atoms. The highest BCUT2D eigenvalue weighted by Gasteiger charge is 2.36. The molecule has 2 aromatic rings. The third-order valence-corrected chi connectivity index (χ3v) is 4.87. The monoisotopic (exact) mass is 318 g/mol. The lowest BCUT2D eigenvalue weighted by Crippen LogP contribution is -2.50. The van der Waals surface area contributed by atoms with Crippen molar-refractivity contribution in [2.75, 3.05) is 7.05 Å². The molecule has 0 aliphatic rings. The van der Waals surface area contributed by atoms with Crippen LogP contribution in [0, 0.1) is 6.92 Å². The molecule has 6 heteroatoms. The lowest BCUT2D eigenvalue weighted by molar-refractivity contribution is -0.147. The Hall–Kier alpha value is -2.21. The van der Waals surface area contributed by atoms with E-state index >= 15 is 0 Å². The van der Waals surface area contributed by atoms with Gasteiger partial charge in [-0.25, -0.2) is 9.78 Å². The summed E-state index contributed by atoms with van der Waals surface area (Å²) in [6, 6.07) is 9.59. The molecule has 1 aromatic carbocycles. The molecule has 0 saturated heterocycles. The molecular weight excluding hydrogens is 300 g/mol. The molecule has 1 N–H and O–H groups in total. The van der Waals surface area contributed by atoms with E-state index in [4.69, 9.17) is 0 Å². The number of carboxylic acids is 1. The summed E-state index contributed by atoms with van der Waals surface area (Å²) in [6.45, 7) is 4.77. The first-order valence-electron chi connectivity index (χ1n) is 6.79. The third-order valence-electron chi connectivity index (χ3n) is 3.68. The second kappa shape index (κ2) is 5.88. The van der Waals surface area contributed by atoms with Crippen molar-refractivity contribution in [3.05, 3.63) is 40.9 Å². The van der Waals surface area contributed by atoms with Gasteiger partial charge in [-0.1, -0.05) is 30.3 Å². The fourth-order valence-corrected chi connectivity index (χ4v) is 2.90. The zero-order valence-corrected chi connectivity index (χ0v) is 13.8. The van der Waals surface area contributed by atoms with Crippen molar-refractivity contribution in [2.24, 2.45) is 0 Å². The van der Waals surface area contributed by atoms with Crippen molar-refractivity contribution >= 4 is 23.2 Å². The van der Waals surface area contributed by atoms with Crippen LogP contribution in [-0.2, 0) is 4.79 Å². The lowest BCUT2D eigenvalue weighted by atomic mass is 10.0. The number of nitrogens with zero attached hydrogens (tertiary/aromatic N) is 2. The Morgan fingerprint density at radius 1 is 1.23 bits per heavy atom. The lowest BCUT2D eigenvalue weighted by Gasteiger charge is -2.31. The van der Waals surface area contributed by atoms with Gasteiger partial charge in [0.2, 0.25) is 0 Å². The van der Waals surface area contributed by atoms with Crippen LogP contribution >= 0.6 is 11.3 Å². The van der Waals surface area contributed by atoms with E-state index in [-0.39, 0.29) is 5.91 Å². The normalized spacial score (nSPS) is 11.3. The highest BCUT2D eigenvalue weighted by atomic mass is 32.1. The highest BCUT2D eigenvalue weighted by Crippen LogP contribution is 2.29. The number of carbonyl (C=O) groups is 2. The van der Waals surface area contributed by atoms with Crippen molar-refractivity contribution in [2.45, 2.75) is 26.3 Å². The van der Waals surface area contributed by atoms with Crippen molar-refractivity contribution in [1.82, 2.24) is 9.88 Å². The molecule has 22 heavy (non-hydrogen) atoms. The van der Waals surface area contributed by atoms with Gasteiger partial charge in [-0.2, -0.15) is 0 Å². The molecule has 1 amide bonds. The molecule has 2 rings (SSSR count). The molecule has 1 heterocycles. The minimum absolute atomic E-state index is 0.329. The molecule has 116 valence electrons. The van der Waals surface area contributed by atoms with Gasteiger partial charge in [0.25, 0.3) is 5.91 Å². The predicted molar refractivity (Wildman–Crippen MR) is 86.1 cm³/mol. The van der Waals surface area contributed by atoms with E-state index in [2.05, 4.69) is 4.98 Å². The zero-order valence-electron chi connectivity index (χ0n) is 13.0. The molecular formula is C16H18N2O3S. The van der Waals surface area contributed by atoms with E-state index < -0.39 is 11.5 Å². The van der Waals surface area contributed by atoms with Gasteiger partial charge in [0.05, 0.1) is 5.69 Å². The van der Waals surface area contributed by atoms with Crippen LogP contribution in [0.4, 0.5) is 0 Å². The number of aromatic nitrogens is 1. The second-order valence-electron chi connectivity index (χ2n) is 5.53. The molecule has 0 aliphatic heterocycles. The summed E-state index contributed by atoms with van der Waals surface area (Å²) in [6.07, 6.45) is 0. The first-order chi connectivity index (χ1) is 10.2. The number of hydrogen-bond acceptors (Lipinski definition) is 4. The largest absolute Gasteiger partial charge is 0.480 e. The molecule has 0 atom stereocenters. The van der Waals surface area contributed by atoms with Crippen LogP contribution in [0.2, 0.25) is 0 Å². The Morgan fingerprint density at radius 3 is 2.36 bits per heavy atom. The minimum Gasteiger partial charge on any atom is -0.480 e. The number of amides is 1. The van der Waals surface area contributed by atoms with Crippen LogP contribution in [0.3, 0.4) is 0 Å². The van der Waals surface area contributed by atoms with Crippen molar-refractivity contribution in [3.63, 3.8) is 0 Å². The number of carbonyl (C=O) groups excluding carboxylic acids is 1. The number of aliphatic carboxylic acids is 1. The van der Waals surface area contributed by atoms with E-state index in [0.717, 1.165) is 10.6 Å². The average molecular weight is 318 g/mol. The minimum atomic E-state index is -1.28. The number of thiazole rings is 1. The summed E-state index contributed by atoms with van der Waals surface area (Å²) < 4.78 is 0. The predicted octanol–water partition coefficient (Wildman–Crippen LogP) is 3.05. The molecule has 0 bridgehead atoms. The maximum Gasteiger partial charge on any atom is 0.329 e. The zero-order chi connectivity index (χ0) is 16.5. The van der Waals surface area contributed by atoms with Gasteiger partial charge in [-0.3, -0.25) is 4.79 Å². The van der Waals surface area contributed by atoms with Gasteiger partial charge < -0.3 is 10.0 Å². The number of carboxylic acid groups (broad SMARTS) is 1. The van der Waals surface area contributed by atoms with Crippen LogP contribution in [-0.4, -0.2) is 39.5 Å². The van der Waals surface area contributed by atoms with Crippen LogP contribution in [0.5, 0.6) is 0 Å². The van der Waals surface area contributed by atoms with E-state index in [0.29, 0.717) is 10.6 Å². The van der Waals surface area contributed by atoms with Crippen molar-refractivity contribution < 1.29 is 14.7 Å². The van der Waals surface area contributed by atoms with E-state index in [1.54, 1.807) is 6.92 Å². The highest BCUT2D eigenvalue weighted by molar-refractivity contribution is 7.17. The summed E-state index contributed by atoms with van der Waals surface area (Å²) >= 11 is 1.28. The van der Waals surface area contributed by atoms with Gasteiger partial charge in [0.1, 0.15) is 15.4 Å². The van der Waals surface area contributed by atoms with E-state index in [1.807, 2.05) is 30.3 Å². The Bertz CT molecular complexity index is 707. The number of rotatable bonds is 4. The maximum atomic E-state index is 12.6. The molecule has 0 radical (unpaired) electrons. The molecule has 5 nitrogen and oxygen atoms in total. The molecule has 0 fully saturated rings.